The number of methoxy groups -OCH3 is 1. The minimum atomic E-state index is -3.58. The minimum absolute atomic E-state index is 0.276. The first-order valence-electron chi connectivity index (χ1n) is 9.39. The zero-order chi connectivity index (χ0) is 19.4. The molecule has 0 spiro atoms. The van der Waals surface area contributed by atoms with Crippen molar-refractivity contribution in [1.29, 1.82) is 0 Å². The van der Waals surface area contributed by atoms with E-state index in [0.717, 1.165) is 37.2 Å². The second-order valence-electron chi connectivity index (χ2n) is 7.30. The van der Waals surface area contributed by atoms with E-state index in [2.05, 4.69) is 23.5 Å². The molecule has 5 nitrogen and oxygen atoms in total. The summed E-state index contributed by atoms with van der Waals surface area (Å²) in [6, 6.07) is 14.6. The number of sulfonamides is 1. The molecule has 27 heavy (non-hydrogen) atoms. The first-order chi connectivity index (χ1) is 12.9. The van der Waals surface area contributed by atoms with Crippen LogP contribution in [-0.4, -0.2) is 34.7 Å². The van der Waals surface area contributed by atoms with Crippen LogP contribution in [0.4, 0.5) is 11.4 Å². The normalized spacial score (nSPS) is 15.9. The Morgan fingerprint density at radius 1 is 1.00 bits per heavy atom. The molecule has 1 saturated heterocycles. The van der Waals surface area contributed by atoms with Crippen molar-refractivity contribution < 1.29 is 13.2 Å². The summed E-state index contributed by atoms with van der Waals surface area (Å²) in [4.78, 5) is 2.58. The monoisotopic (exact) mass is 388 g/mol. The van der Waals surface area contributed by atoms with Gasteiger partial charge in [0.2, 0.25) is 0 Å². The first kappa shape index (κ1) is 19.7. The SMILES string of the molecule is COC1CCN(c2ccc(NS(=O)(=O)c3ccc(C(C)C)cc3)cc2)CC1. The molecule has 146 valence electrons. The number of hydrogen-bond donors (Lipinski definition) is 1. The van der Waals surface area contributed by atoms with Crippen LogP contribution in [0, 0.1) is 0 Å². The summed E-state index contributed by atoms with van der Waals surface area (Å²) >= 11 is 0. The summed E-state index contributed by atoms with van der Waals surface area (Å²) in [5, 5.41) is 0. The van der Waals surface area contributed by atoms with Gasteiger partial charge < -0.3 is 9.64 Å². The lowest BCUT2D eigenvalue weighted by atomic mass is 10.0. The summed E-state index contributed by atoms with van der Waals surface area (Å²) in [5.41, 5.74) is 2.79. The number of benzene rings is 2. The molecular formula is C21H28N2O3S. The van der Waals surface area contributed by atoms with E-state index in [9.17, 15) is 8.42 Å². The summed E-state index contributed by atoms with van der Waals surface area (Å²) < 4.78 is 33.3. The minimum Gasteiger partial charge on any atom is -0.381 e. The Morgan fingerprint density at radius 3 is 2.11 bits per heavy atom. The molecule has 0 radical (unpaired) electrons. The van der Waals surface area contributed by atoms with Crippen molar-refractivity contribution in [2.45, 2.75) is 43.6 Å². The topological polar surface area (TPSA) is 58.6 Å². The van der Waals surface area contributed by atoms with Crippen molar-refractivity contribution in [2.75, 3.05) is 29.8 Å². The largest absolute Gasteiger partial charge is 0.381 e. The fourth-order valence-electron chi connectivity index (χ4n) is 3.34. The second kappa shape index (κ2) is 8.31. The molecule has 0 aliphatic carbocycles. The van der Waals surface area contributed by atoms with Crippen LogP contribution in [0.1, 0.15) is 38.2 Å². The number of ether oxygens (including phenoxy) is 1. The lowest BCUT2D eigenvalue weighted by Gasteiger charge is -2.33. The molecule has 0 unspecified atom stereocenters. The van der Waals surface area contributed by atoms with Crippen LogP contribution in [0.5, 0.6) is 0 Å². The van der Waals surface area contributed by atoms with Crippen LogP contribution >= 0.6 is 0 Å². The first-order valence-corrected chi connectivity index (χ1v) is 10.9. The van der Waals surface area contributed by atoms with Gasteiger partial charge in [-0.3, -0.25) is 4.72 Å². The predicted molar refractivity (Wildman–Crippen MR) is 110 cm³/mol. The lowest BCUT2D eigenvalue weighted by Crippen LogP contribution is -2.36. The summed E-state index contributed by atoms with van der Waals surface area (Å²) in [6.45, 7) is 6.07. The Kier molecular flexibility index (Phi) is 6.07. The molecule has 0 bridgehead atoms. The van der Waals surface area contributed by atoms with E-state index in [1.54, 1.807) is 19.2 Å². The number of piperidine rings is 1. The maximum atomic E-state index is 12.6. The van der Waals surface area contributed by atoms with Crippen LogP contribution in [-0.2, 0) is 14.8 Å². The Labute approximate surface area is 162 Å². The third kappa shape index (κ3) is 4.82. The number of hydrogen-bond acceptors (Lipinski definition) is 4. The fraction of sp³-hybridized carbons (Fsp3) is 0.429. The van der Waals surface area contributed by atoms with Gasteiger partial charge in [0, 0.05) is 31.6 Å². The van der Waals surface area contributed by atoms with Crippen molar-refractivity contribution in [3.05, 3.63) is 54.1 Å². The predicted octanol–water partition coefficient (Wildman–Crippen LogP) is 4.23. The maximum absolute atomic E-state index is 12.6. The zero-order valence-corrected chi connectivity index (χ0v) is 17.0. The van der Waals surface area contributed by atoms with E-state index >= 15 is 0 Å². The van der Waals surface area contributed by atoms with Gasteiger partial charge in [-0.1, -0.05) is 26.0 Å². The maximum Gasteiger partial charge on any atom is 0.261 e. The molecule has 6 heteroatoms. The summed E-state index contributed by atoms with van der Waals surface area (Å²) in [6.07, 6.45) is 2.36. The summed E-state index contributed by atoms with van der Waals surface area (Å²) in [5.74, 6) is 0.371. The lowest BCUT2D eigenvalue weighted by molar-refractivity contribution is 0.0819. The molecule has 2 aromatic rings. The molecule has 0 aromatic heterocycles. The van der Waals surface area contributed by atoms with E-state index in [1.165, 1.54) is 0 Å². The van der Waals surface area contributed by atoms with Crippen LogP contribution < -0.4 is 9.62 Å². The molecule has 0 amide bonds. The van der Waals surface area contributed by atoms with Gasteiger partial charge in [0.25, 0.3) is 10.0 Å². The molecule has 1 N–H and O–H groups in total. The van der Waals surface area contributed by atoms with Gasteiger partial charge >= 0.3 is 0 Å². The van der Waals surface area contributed by atoms with E-state index in [-0.39, 0.29) is 4.90 Å². The van der Waals surface area contributed by atoms with Gasteiger partial charge in [0.1, 0.15) is 0 Å². The highest BCUT2D eigenvalue weighted by atomic mass is 32.2. The van der Waals surface area contributed by atoms with Gasteiger partial charge in [-0.25, -0.2) is 8.42 Å². The van der Waals surface area contributed by atoms with Crippen LogP contribution in [0.15, 0.2) is 53.4 Å². The Morgan fingerprint density at radius 2 is 1.59 bits per heavy atom. The zero-order valence-electron chi connectivity index (χ0n) is 16.2. The smallest absolute Gasteiger partial charge is 0.261 e. The van der Waals surface area contributed by atoms with Crippen molar-refractivity contribution in [3.8, 4) is 0 Å². The van der Waals surface area contributed by atoms with E-state index < -0.39 is 10.0 Å². The number of nitrogens with one attached hydrogen (secondary N) is 1. The van der Waals surface area contributed by atoms with Crippen LogP contribution in [0.25, 0.3) is 0 Å². The molecule has 0 saturated carbocycles. The van der Waals surface area contributed by atoms with Crippen molar-refractivity contribution in [3.63, 3.8) is 0 Å². The molecular weight excluding hydrogens is 360 g/mol. The highest BCUT2D eigenvalue weighted by Gasteiger charge is 2.19. The molecule has 3 rings (SSSR count). The molecule has 2 aromatic carbocycles. The van der Waals surface area contributed by atoms with Crippen molar-refractivity contribution >= 4 is 21.4 Å². The van der Waals surface area contributed by atoms with E-state index in [0.29, 0.717) is 17.7 Å². The second-order valence-corrected chi connectivity index (χ2v) is 8.98. The Hall–Kier alpha value is -2.05. The molecule has 1 aliphatic rings. The van der Waals surface area contributed by atoms with Crippen molar-refractivity contribution in [1.82, 2.24) is 0 Å². The number of nitrogens with zero attached hydrogens (tertiary/aromatic N) is 1. The van der Waals surface area contributed by atoms with Crippen LogP contribution in [0.3, 0.4) is 0 Å². The Bertz CT molecular complexity index is 838. The molecule has 0 atom stereocenters. The number of rotatable bonds is 6. The van der Waals surface area contributed by atoms with E-state index in [4.69, 9.17) is 4.74 Å². The quantitative estimate of drug-likeness (QED) is 0.805. The molecule has 1 heterocycles. The average molecular weight is 389 g/mol. The molecule has 1 aliphatic heterocycles. The van der Waals surface area contributed by atoms with Gasteiger partial charge in [0.15, 0.2) is 0 Å². The highest BCUT2D eigenvalue weighted by Crippen LogP contribution is 2.24. The molecule has 1 fully saturated rings. The van der Waals surface area contributed by atoms with Crippen molar-refractivity contribution in [2.24, 2.45) is 0 Å². The third-order valence-electron chi connectivity index (χ3n) is 5.12. The van der Waals surface area contributed by atoms with E-state index in [1.807, 2.05) is 36.4 Å². The van der Waals surface area contributed by atoms with Gasteiger partial charge in [-0.2, -0.15) is 0 Å². The standard InChI is InChI=1S/C21H28N2O3S/c1-16(2)17-4-10-21(11-5-17)27(24,25)22-18-6-8-19(9-7-18)23-14-12-20(26-3)13-15-23/h4-11,16,20,22H,12-15H2,1-3H3. The van der Waals surface area contributed by atoms with Gasteiger partial charge in [-0.15, -0.1) is 0 Å². The fourth-order valence-corrected chi connectivity index (χ4v) is 4.39. The van der Waals surface area contributed by atoms with Crippen LogP contribution in [0.2, 0.25) is 0 Å². The Balaban J connectivity index is 1.66. The average Bonchev–Trinajstić information content (AvgIpc) is 2.68. The van der Waals surface area contributed by atoms with Gasteiger partial charge in [-0.05, 0) is 60.7 Å². The third-order valence-corrected chi connectivity index (χ3v) is 6.51. The highest BCUT2D eigenvalue weighted by molar-refractivity contribution is 7.92. The summed E-state index contributed by atoms with van der Waals surface area (Å²) in [7, 11) is -1.82. The van der Waals surface area contributed by atoms with Gasteiger partial charge in [0.05, 0.1) is 11.0 Å². The number of anilines is 2.